The number of carbonyl (C=O) groups is 2. The average molecular weight is 291 g/mol. The maximum atomic E-state index is 12.2. The van der Waals surface area contributed by atoms with Crippen molar-refractivity contribution in [2.45, 2.75) is 18.9 Å². The smallest absolute Gasteiger partial charge is 0.264 e. The molecule has 2 aromatic rings. The molecule has 4 N–H and O–H groups in total. The number of amides is 2. The minimum atomic E-state index is -0.494. The summed E-state index contributed by atoms with van der Waals surface area (Å²) in [5, 5.41) is 13.9. The molecule has 1 fully saturated rings. The topological polar surface area (TPSA) is 110 Å². The first-order chi connectivity index (χ1) is 9.66. The predicted molar refractivity (Wildman–Crippen MR) is 75.3 cm³/mol. The Morgan fingerprint density at radius 1 is 1.55 bits per heavy atom. The zero-order valence-corrected chi connectivity index (χ0v) is 11.4. The van der Waals surface area contributed by atoms with E-state index in [4.69, 9.17) is 5.73 Å². The van der Waals surface area contributed by atoms with Crippen LogP contribution >= 0.6 is 11.3 Å². The average Bonchev–Trinajstić information content (AvgIpc) is 2.79. The van der Waals surface area contributed by atoms with Gasteiger partial charge in [-0.2, -0.15) is 5.10 Å². The predicted octanol–water partition coefficient (Wildman–Crippen LogP) is 0.282. The van der Waals surface area contributed by atoms with Crippen molar-refractivity contribution >= 4 is 39.1 Å². The van der Waals surface area contributed by atoms with Gasteiger partial charge >= 0.3 is 0 Å². The molecule has 3 heterocycles. The Bertz CT molecular complexity index is 684. The van der Waals surface area contributed by atoms with E-state index in [9.17, 15) is 9.59 Å². The molecule has 0 aromatic carbocycles. The molecule has 1 unspecified atom stereocenters. The van der Waals surface area contributed by atoms with E-state index in [1.165, 1.54) is 17.5 Å². The molecule has 1 saturated heterocycles. The third-order valence-corrected chi connectivity index (χ3v) is 4.32. The monoisotopic (exact) mass is 291 g/mol. The number of nitrogens with zero attached hydrogens (tertiary/aromatic N) is 2. The minimum Gasteiger partial charge on any atom is -0.397 e. The number of rotatable bonds is 2. The van der Waals surface area contributed by atoms with Gasteiger partial charge in [0.1, 0.15) is 15.7 Å². The lowest BCUT2D eigenvalue weighted by molar-refractivity contribution is -0.124. The van der Waals surface area contributed by atoms with Gasteiger partial charge in [-0.25, -0.2) is 0 Å². The number of carbonyl (C=O) groups excluding carboxylic acids is 2. The van der Waals surface area contributed by atoms with Gasteiger partial charge in [0.25, 0.3) is 5.91 Å². The van der Waals surface area contributed by atoms with Gasteiger partial charge in [0.15, 0.2) is 0 Å². The number of hydrogen-bond donors (Lipinski definition) is 3. The Morgan fingerprint density at radius 2 is 2.40 bits per heavy atom. The van der Waals surface area contributed by atoms with Crippen LogP contribution in [0, 0.1) is 0 Å². The fourth-order valence-corrected chi connectivity index (χ4v) is 3.12. The second-order valence-electron chi connectivity index (χ2n) is 4.55. The number of nitrogen functional groups attached to an aromatic ring is 1. The lowest BCUT2D eigenvalue weighted by Gasteiger charge is -2.22. The summed E-state index contributed by atoms with van der Waals surface area (Å²) in [7, 11) is 0. The first kappa shape index (κ1) is 12.8. The van der Waals surface area contributed by atoms with Gasteiger partial charge in [-0.05, 0) is 18.9 Å². The number of anilines is 1. The van der Waals surface area contributed by atoms with E-state index in [-0.39, 0.29) is 11.8 Å². The lowest BCUT2D eigenvalue weighted by Crippen LogP contribution is -2.50. The molecule has 20 heavy (non-hydrogen) atoms. The van der Waals surface area contributed by atoms with Crippen molar-refractivity contribution in [3.05, 3.63) is 17.1 Å². The normalized spacial score (nSPS) is 18.8. The van der Waals surface area contributed by atoms with Crippen LogP contribution in [-0.4, -0.2) is 34.6 Å². The maximum Gasteiger partial charge on any atom is 0.264 e. The van der Waals surface area contributed by atoms with Gasteiger partial charge in [0.05, 0.1) is 11.9 Å². The molecule has 1 aliphatic rings. The fraction of sp³-hybridized carbons (Fsp3) is 0.333. The number of fused-ring (bicyclic) bond motifs is 1. The fourth-order valence-electron chi connectivity index (χ4n) is 2.18. The molecule has 3 rings (SSSR count). The van der Waals surface area contributed by atoms with Crippen LogP contribution in [-0.2, 0) is 4.79 Å². The van der Waals surface area contributed by atoms with Crippen molar-refractivity contribution in [2.24, 2.45) is 0 Å². The Hall–Kier alpha value is -2.22. The van der Waals surface area contributed by atoms with Crippen LogP contribution in [0.5, 0.6) is 0 Å². The molecule has 0 spiro atoms. The summed E-state index contributed by atoms with van der Waals surface area (Å²) in [6, 6.07) is 1.23. The standard InChI is InChI=1S/C12H13N5O2S/c13-8-6-3-5-15-17-12(6)20-9(8)11(19)16-7-2-1-4-14-10(7)18/h3,5,7H,1-2,4,13H2,(H,14,18)(H,16,19). The van der Waals surface area contributed by atoms with Crippen LogP contribution in [0.1, 0.15) is 22.5 Å². The van der Waals surface area contributed by atoms with E-state index in [0.717, 1.165) is 6.42 Å². The van der Waals surface area contributed by atoms with E-state index in [2.05, 4.69) is 20.8 Å². The highest BCUT2D eigenvalue weighted by atomic mass is 32.1. The van der Waals surface area contributed by atoms with Crippen molar-refractivity contribution in [3.8, 4) is 0 Å². The number of hydrogen-bond acceptors (Lipinski definition) is 6. The van der Waals surface area contributed by atoms with E-state index in [1.807, 2.05) is 0 Å². The third-order valence-electron chi connectivity index (χ3n) is 3.22. The largest absolute Gasteiger partial charge is 0.397 e. The quantitative estimate of drug-likeness (QED) is 0.736. The zero-order valence-electron chi connectivity index (χ0n) is 10.5. The van der Waals surface area contributed by atoms with Crippen molar-refractivity contribution in [1.29, 1.82) is 0 Å². The zero-order chi connectivity index (χ0) is 14.1. The van der Waals surface area contributed by atoms with E-state index in [0.29, 0.717) is 33.7 Å². The van der Waals surface area contributed by atoms with Gasteiger partial charge in [-0.1, -0.05) is 0 Å². The highest BCUT2D eigenvalue weighted by molar-refractivity contribution is 7.21. The van der Waals surface area contributed by atoms with E-state index < -0.39 is 6.04 Å². The van der Waals surface area contributed by atoms with Crippen LogP contribution in [0.25, 0.3) is 10.2 Å². The number of piperidine rings is 1. The Morgan fingerprint density at radius 3 is 3.15 bits per heavy atom. The molecular weight excluding hydrogens is 278 g/mol. The summed E-state index contributed by atoms with van der Waals surface area (Å²) in [6.45, 7) is 0.659. The van der Waals surface area contributed by atoms with Crippen molar-refractivity contribution in [2.75, 3.05) is 12.3 Å². The first-order valence-corrected chi connectivity index (χ1v) is 7.06. The third kappa shape index (κ3) is 2.18. The summed E-state index contributed by atoms with van der Waals surface area (Å²) in [5.74, 6) is -0.489. The minimum absolute atomic E-state index is 0.149. The molecule has 8 heteroatoms. The van der Waals surface area contributed by atoms with Gasteiger partial charge in [-0.15, -0.1) is 16.4 Å². The molecular formula is C12H13N5O2S. The highest BCUT2D eigenvalue weighted by Crippen LogP contribution is 2.31. The second-order valence-corrected chi connectivity index (χ2v) is 5.55. The molecule has 2 aromatic heterocycles. The maximum absolute atomic E-state index is 12.2. The van der Waals surface area contributed by atoms with Gasteiger partial charge < -0.3 is 16.4 Å². The van der Waals surface area contributed by atoms with Crippen LogP contribution in [0.15, 0.2) is 12.3 Å². The Balaban J connectivity index is 1.85. The van der Waals surface area contributed by atoms with Crippen LogP contribution < -0.4 is 16.4 Å². The Kier molecular flexibility index (Phi) is 3.23. The molecule has 7 nitrogen and oxygen atoms in total. The molecule has 0 saturated carbocycles. The number of nitrogens with one attached hydrogen (secondary N) is 2. The second kappa shape index (κ2) is 5.04. The number of nitrogens with two attached hydrogens (primary N) is 1. The molecule has 2 amide bonds. The lowest BCUT2D eigenvalue weighted by atomic mass is 10.1. The molecule has 1 atom stereocenters. The van der Waals surface area contributed by atoms with Crippen LogP contribution in [0.4, 0.5) is 5.69 Å². The van der Waals surface area contributed by atoms with E-state index in [1.54, 1.807) is 6.07 Å². The summed E-state index contributed by atoms with van der Waals surface area (Å²) in [6.07, 6.45) is 3.02. The summed E-state index contributed by atoms with van der Waals surface area (Å²) in [4.78, 5) is 24.9. The molecule has 0 bridgehead atoms. The summed E-state index contributed by atoms with van der Waals surface area (Å²) >= 11 is 1.18. The molecule has 0 radical (unpaired) electrons. The number of thiophene rings is 1. The molecule has 1 aliphatic heterocycles. The molecule has 0 aliphatic carbocycles. The van der Waals surface area contributed by atoms with Gasteiger partial charge in [0.2, 0.25) is 5.91 Å². The highest BCUT2D eigenvalue weighted by Gasteiger charge is 2.26. The van der Waals surface area contributed by atoms with Crippen LogP contribution in [0.2, 0.25) is 0 Å². The SMILES string of the molecule is Nc1c(C(=O)NC2CCCNC2=O)sc2nnccc12. The Labute approximate surface area is 118 Å². The summed E-state index contributed by atoms with van der Waals surface area (Å²) in [5.41, 5.74) is 6.34. The first-order valence-electron chi connectivity index (χ1n) is 6.25. The van der Waals surface area contributed by atoms with Crippen molar-refractivity contribution in [3.63, 3.8) is 0 Å². The van der Waals surface area contributed by atoms with Crippen molar-refractivity contribution in [1.82, 2.24) is 20.8 Å². The number of aromatic nitrogens is 2. The molecule has 104 valence electrons. The van der Waals surface area contributed by atoms with Crippen molar-refractivity contribution < 1.29 is 9.59 Å². The van der Waals surface area contributed by atoms with E-state index >= 15 is 0 Å². The summed E-state index contributed by atoms with van der Waals surface area (Å²) < 4.78 is 0. The van der Waals surface area contributed by atoms with Crippen LogP contribution in [0.3, 0.4) is 0 Å². The van der Waals surface area contributed by atoms with Gasteiger partial charge in [-0.3, -0.25) is 9.59 Å². The van der Waals surface area contributed by atoms with Gasteiger partial charge in [0, 0.05) is 11.9 Å².